The van der Waals surface area contributed by atoms with Crippen LogP contribution in [0.3, 0.4) is 0 Å². The average molecular weight is 339 g/mol. The van der Waals surface area contributed by atoms with Crippen molar-refractivity contribution in [1.29, 1.82) is 0 Å². The maximum absolute atomic E-state index is 10.3. The standard InChI is InChI=1S/C22H29NO2/c1-23(16-15-21(24)18-7-3-2-4-8-18)19-13-11-17(12-14-19)20-9-5-6-10-22(20)25/h2-10,17,19,21,24-25H,11-16H2,1H3. The van der Waals surface area contributed by atoms with E-state index in [1.165, 1.54) is 0 Å². The van der Waals surface area contributed by atoms with Crippen molar-refractivity contribution < 1.29 is 10.2 Å². The predicted molar refractivity (Wildman–Crippen MR) is 102 cm³/mol. The van der Waals surface area contributed by atoms with Crippen LogP contribution in [0.15, 0.2) is 54.6 Å². The molecule has 0 aliphatic heterocycles. The van der Waals surface area contributed by atoms with Gasteiger partial charge in [0.15, 0.2) is 0 Å². The average Bonchev–Trinajstić information content (AvgIpc) is 2.67. The lowest BCUT2D eigenvalue weighted by molar-refractivity contribution is 0.122. The van der Waals surface area contributed by atoms with Crippen LogP contribution in [0, 0.1) is 0 Å². The van der Waals surface area contributed by atoms with Crippen LogP contribution in [0.2, 0.25) is 0 Å². The Bertz CT molecular complexity index is 650. The summed E-state index contributed by atoms with van der Waals surface area (Å²) >= 11 is 0. The first-order valence-corrected chi connectivity index (χ1v) is 9.36. The molecule has 1 saturated carbocycles. The first-order chi connectivity index (χ1) is 12.1. The van der Waals surface area contributed by atoms with Gasteiger partial charge < -0.3 is 15.1 Å². The number of para-hydroxylation sites is 1. The number of phenols is 1. The van der Waals surface area contributed by atoms with Crippen LogP contribution >= 0.6 is 0 Å². The highest BCUT2D eigenvalue weighted by atomic mass is 16.3. The normalized spacial score (nSPS) is 22.0. The van der Waals surface area contributed by atoms with Crippen molar-refractivity contribution in [3.8, 4) is 5.75 Å². The summed E-state index contributed by atoms with van der Waals surface area (Å²) in [6.07, 6.45) is 4.91. The molecule has 2 aromatic carbocycles. The molecule has 3 rings (SSSR count). The topological polar surface area (TPSA) is 43.7 Å². The smallest absolute Gasteiger partial charge is 0.119 e. The van der Waals surface area contributed by atoms with Crippen LogP contribution in [0.4, 0.5) is 0 Å². The van der Waals surface area contributed by atoms with Crippen LogP contribution < -0.4 is 0 Å². The molecular weight excluding hydrogens is 310 g/mol. The number of nitrogens with zero attached hydrogens (tertiary/aromatic N) is 1. The van der Waals surface area contributed by atoms with E-state index in [2.05, 4.69) is 18.0 Å². The van der Waals surface area contributed by atoms with Gasteiger partial charge in [-0.2, -0.15) is 0 Å². The second-order valence-corrected chi connectivity index (χ2v) is 7.26. The number of hydrogen-bond acceptors (Lipinski definition) is 3. The highest BCUT2D eigenvalue weighted by Crippen LogP contribution is 2.38. The molecular formula is C22H29NO2. The van der Waals surface area contributed by atoms with Gasteiger partial charge in [-0.1, -0.05) is 48.5 Å². The van der Waals surface area contributed by atoms with Crippen molar-refractivity contribution in [2.24, 2.45) is 0 Å². The summed E-state index contributed by atoms with van der Waals surface area (Å²) in [5.74, 6) is 0.908. The first kappa shape index (κ1) is 18.0. The summed E-state index contributed by atoms with van der Waals surface area (Å²) in [4.78, 5) is 2.40. The molecule has 3 nitrogen and oxygen atoms in total. The Morgan fingerprint density at radius 1 is 0.960 bits per heavy atom. The highest BCUT2D eigenvalue weighted by molar-refractivity contribution is 5.35. The third-order valence-electron chi connectivity index (χ3n) is 5.64. The largest absolute Gasteiger partial charge is 0.508 e. The molecule has 2 aromatic rings. The number of benzene rings is 2. The second-order valence-electron chi connectivity index (χ2n) is 7.26. The van der Waals surface area contributed by atoms with Crippen molar-refractivity contribution in [3.05, 3.63) is 65.7 Å². The van der Waals surface area contributed by atoms with Crippen LogP contribution in [0.1, 0.15) is 55.3 Å². The first-order valence-electron chi connectivity index (χ1n) is 9.36. The van der Waals surface area contributed by atoms with E-state index >= 15 is 0 Å². The Labute approximate surface area is 150 Å². The van der Waals surface area contributed by atoms with Crippen LogP contribution in [-0.4, -0.2) is 34.7 Å². The zero-order valence-corrected chi connectivity index (χ0v) is 15.0. The lowest BCUT2D eigenvalue weighted by atomic mass is 9.81. The van der Waals surface area contributed by atoms with E-state index in [-0.39, 0.29) is 6.10 Å². The molecule has 134 valence electrons. The molecule has 1 unspecified atom stereocenters. The quantitative estimate of drug-likeness (QED) is 0.816. The van der Waals surface area contributed by atoms with Gasteiger partial charge in [0.25, 0.3) is 0 Å². The number of hydrogen-bond donors (Lipinski definition) is 2. The van der Waals surface area contributed by atoms with E-state index in [4.69, 9.17) is 0 Å². The molecule has 0 aromatic heterocycles. The molecule has 0 spiro atoms. The van der Waals surface area contributed by atoms with E-state index in [1.807, 2.05) is 42.5 Å². The Kier molecular flexibility index (Phi) is 6.11. The van der Waals surface area contributed by atoms with Gasteiger partial charge >= 0.3 is 0 Å². The molecule has 0 bridgehead atoms. The van der Waals surface area contributed by atoms with Gasteiger partial charge in [-0.15, -0.1) is 0 Å². The molecule has 2 N–H and O–H groups in total. The molecule has 0 saturated heterocycles. The molecule has 1 fully saturated rings. The summed E-state index contributed by atoms with van der Waals surface area (Å²) in [6.45, 7) is 0.905. The SMILES string of the molecule is CN(CCC(O)c1ccccc1)C1CCC(c2ccccc2O)CC1. The predicted octanol–water partition coefficient (Wildman–Crippen LogP) is 4.47. The van der Waals surface area contributed by atoms with Gasteiger partial charge in [-0.05, 0) is 62.3 Å². The monoisotopic (exact) mass is 339 g/mol. The Hall–Kier alpha value is -1.84. The molecule has 1 aliphatic carbocycles. The molecule has 1 aliphatic rings. The Morgan fingerprint density at radius 3 is 2.28 bits per heavy atom. The maximum Gasteiger partial charge on any atom is 0.119 e. The zero-order chi connectivity index (χ0) is 17.6. The number of aliphatic hydroxyl groups excluding tert-OH is 1. The van der Waals surface area contributed by atoms with Gasteiger partial charge in [-0.25, -0.2) is 0 Å². The molecule has 3 heteroatoms. The lowest BCUT2D eigenvalue weighted by Crippen LogP contribution is -2.36. The fraction of sp³-hybridized carbons (Fsp3) is 0.455. The molecule has 1 atom stereocenters. The number of aliphatic hydroxyl groups is 1. The van der Waals surface area contributed by atoms with Crippen molar-refractivity contribution in [3.63, 3.8) is 0 Å². The van der Waals surface area contributed by atoms with Gasteiger partial charge in [0.1, 0.15) is 5.75 Å². The van der Waals surface area contributed by atoms with E-state index < -0.39 is 0 Å². The van der Waals surface area contributed by atoms with E-state index in [9.17, 15) is 10.2 Å². The van der Waals surface area contributed by atoms with E-state index in [0.29, 0.717) is 17.7 Å². The Morgan fingerprint density at radius 2 is 1.60 bits per heavy atom. The van der Waals surface area contributed by atoms with Gasteiger partial charge in [-0.3, -0.25) is 0 Å². The number of aromatic hydroxyl groups is 1. The van der Waals surface area contributed by atoms with Crippen molar-refractivity contribution in [2.75, 3.05) is 13.6 Å². The second kappa shape index (κ2) is 8.50. The molecule has 25 heavy (non-hydrogen) atoms. The third-order valence-corrected chi connectivity index (χ3v) is 5.64. The number of rotatable bonds is 6. The highest BCUT2D eigenvalue weighted by Gasteiger charge is 2.26. The molecule has 0 heterocycles. The summed E-state index contributed by atoms with van der Waals surface area (Å²) < 4.78 is 0. The minimum Gasteiger partial charge on any atom is -0.508 e. The van der Waals surface area contributed by atoms with Crippen LogP contribution in [0.5, 0.6) is 5.75 Å². The van der Waals surface area contributed by atoms with Crippen molar-refractivity contribution in [1.82, 2.24) is 4.90 Å². The van der Waals surface area contributed by atoms with Crippen molar-refractivity contribution >= 4 is 0 Å². The summed E-state index contributed by atoms with van der Waals surface area (Å²) in [7, 11) is 2.17. The molecule has 0 amide bonds. The number of phenolic OH excluding ortho intramolecular Hbond substituents is 1. The summed E-state index contributed by atoms with van der Waals surface area (Å²) in [6, 6.07) is 18.2. The van der Waals surface area contributed by atoms with Crippen LogP contribution in [0.25, 0.3) is 0 Å². The van der Waals surface area contributed by atoms with Gasteiger partial charge in [0.2, 0.25) is 0 Å². The van der Waals surface area contributed by atoms with E-state index in [1.54, 1.807) is 6.07 Å². The van der Waals surface area contributed by atoms with Gasteiger partial charge in [0.05, 0.1) is 6.10 Å². The lowest BCUT2D eigenvalue weighted by Gasteiger charge is -2.35. The zero-order valence-electron chi connectivity index (χ0n) is 15.0. The minimum atomic E-state index is -0.388. The fourth-order valence-corrected chi connectivity index (χ4v) is 4.01. The summed E-state index contributed by atoms with van der Waals surface area (Å²) in [5.41, 5.74) is 2.10. The summed E-state index contributed by atoms with van der Waals surface area (Å²) in [5, 5.41) is 20.4. The minimum absolute atomic E-state index is 0.388. The molecule has 0 radical (unpaired) electrons. The van der Waals surface area contributed by atoms with Crippen molar-refractivity contribution in [2.45, 2.75) is 50.2 Å². The van der Waals surface area contributed by atoms with E-state index in [0.717, 1.165) is 49.8 Å². The fourth-order valence-electron chi connectivity index (χ4n) is 4.01. The Balaban J connectivity index is 1.47. The third kappa shape index (κ3) is 4.62. The van der Waals surface area contributed by atoms with Gasteiger partial charge in [0, 0.05) is 12.6 Å². The van der Waals surface area contributed by atoms with Crippen LogP contribution in [-0.2, 0) is 0 Å². The maximum atomic E-state index is 10.3.